The van der Waals surface area contributed by atoms with Crippen molar-refractivity contribution in [3.8, 4) is 0 Å². The number of ether oxygens (including phenoxy) is 1. The molecule has 2 fully saturated rings. The van der Waals surface area contributed by atoms with Crippen molar-refractivity contribution >= 4 is 34.5 Å². The summed E-state index contributed by atoms with van der Waals surface area (Å²) in [5.74, 6) is -0.167. The quantitative estimate of drug-likeness (QED) is 0.657. The van der Waals surface area contributed by atoms with Crippen LogP contribution in [-0.4, -0.2) is 69.2 Å². The first-order valence-corrected chi connectivity index (χ1v) is 11.9. The number of nitrogens with zero attached hydrogens (tertiary/aromatic N) is 2. The number of carbonyl (C=O) groups is 2. The summed E-state index contributed by atoms with van der Waals surface area (Å²) in [5.41, 5.74) is 2.22. The second-order valence-corrected chi connectivity index (χ2v) is 8.97. The summed E-state index contributed by atoms with van der Waals surface area (Å²) in [6.45, 7) is 6.62. The van der Waals surface area contributed by atoms with E-state index in [1.54, 1.807) is 11.3 Å². The number of amides is 2. The fraction of sp³-hybridized carbons (Fsp3) is 0.478. The van der Waals surface area contributed by atoms with Crippen molar-refractivity contribution in [3.63, 3.8) is 0 Å². The zero-order valence-electron chi connectivity index (χ0n) is 17.8. The Morgan fingerprint density at radius 1 is 1.06 bits per heavy atom. The molecule has 1 aromatic heterocycles. The van der Waals surface area contributed by atoms with Crippen LogP contribution in [0.15, 0.2) is 35.7 Å². The predicted octanol–water partition coefficient (Wildman–Crippen LogP) is 2.59. The van der Waals surface area contributed by atoms with Crippen LogP contribution in [0, 0.1) is 0 Å². The van der Waals surface area contributed by atoms with Crippen LogP contribution in [0.2, 0.25) is 0 Å². The van der Waals surface area contributed by atoms with Gasteiger partial charge in [0.05, 0.1) is 25.2 Å². The molecule has 0 spiro atoms. The van der Waals surface area contributed by atoms with Gasteiger partial charge in [0, 0.05) is 55.5 Å². The van der Waals surface area contributed by atoms with Gasteiger partial charge in [0.2, 0.25) is 5.91 Å². The fourth-order valence-electron chi connectivity index (χ4n) is 4.05. The van der Waals surface area contributed by atoms with Gasteiger partial charge in [0.15, 0.2) is 0 Å². The number of benzene rings is 1. The van der Waals surface area contributed by atoms with Gasteiger partial charge in [-0.1, -0.05) is 6.07 Å². The largest absolute Gasteiger partial charge is 0.379 e. The molecular formula is C23H30N4O3S. The van der Waals surface area contributed by atoms with Crippen molar-refractivity contribution in [1.29, 1.82) is 0 Å². The summed E-state index contributed by atoms with van der Waals surface area (Å²) < 4.78 is 5.38. The van der Waals surface area contributed by atoms with E-state index in [4.69, 9.17) is 4.74 Å². The number of hydrogen-bond acceptors (Lipinski definition) is 6. The van der Waals surface area contributed by atoms with Crippen LogP contribution in [0.5, 0.6) is 0 Å². The van der Waals surface area contributed by atoms with E-state index in [2.05, 4.69) is 20.4 Å². The van der Waals surface area contributed by atoms with Gasteiger partial charge in [0.1, 0.15) is 0 Å². The third-order valence-electron chi connectivity index (χ3n) is 5.70. The first-order valence-electron chi connectivity index (χ1n) is 11.0. The van der Waals surface area contributed by atoms with Crippen LogP contribution in [-0.2, 0) is 16.0 Å². The van der Waals surface area contributed by atoms with Crippen LogP contribution in [0.1, 0.15) is 28.1 Å². The first kappa shape index (κ1) is 21.8. The molecule has 0 unspecified atom stereocenters. The van der Waals surface area contributed by atoms with Gasteiger partial charge in [-0.15, -0.1) is 11.3 Å². The molecular weight excluding hydrogens is 412 g/mol. The van der Waals surface area contributed by atoms with E-state index < -0.39 is 0 Å². The minimum atomic E-state index is -0.0930. The van der Waals surface area contributed by atoms with E-state index in [-0.39, 0.29) is 11.8 Å². The molecule has 4 rings (SSSR count). The molecule has 0 bridgehead atoms. The summed E-state index contributed by atoms with van der Waals surface area (Å²) >= 11 is 1.57. The lowest BCUT2D eigenvalue weighted by molar-refractivity contribution is -0.115. The van der Waals surface area contributed by atoms with E-state index in [0.717, 1.165) is 69.3 Å². The fourth-order valence-corrected chi connectivity index (χ4v) is 4.76. The summed E-state index contributed by atoms with van der Waals surface area (Å²) in [7, 11) is 0. The second kappa shape index (κ2) is 10.7. The van der Waals surface area contributed by atoms with Gasteiger partial charge in [-0.2, -0.15) is 0 Å². The zero-order valence-corrected chi connectivity index (χ0v) is 18.6. The number of nitrogens with one attached hydrogen (secondary N) is 2. The Balaban J connectivity index is 1.42. The van der Waals surface area contributed by atoms with Crippen molar-refractivity contribution in [2.24, 2.45) is 0 Å². The highest BCUT2D eigenvalue weighted by Gasteiger charge is 2.21. The molecule has 2 saturated heterocycles. The number of morpholine rings is 1. The molecule has 0 saturated carbocycles. The molecule has 2 amide bonds. The molecule has 2 aromatic rings. The van der Waals surface area contributed by atoms with Crippen molar-refractivity contribution in [2.45, 2.75) is 19.3 Å². The summed E-state index contributed by atoms with van der Waals surface area (Å²) in [4.78, 5) is 31.1. The maximum Gasteiger partial charge on any atom is 0.253 e. The molecule has 1 aromatic carbocycles. The molecule has 2 aliphatic rings. The maximum absolute atomic E-state index is 13.1. The van der Waals surface area contributed by atoms with Crippen molar-refractivity contribution in [3.05, 3.63) is 46.2 Å². The average Bonchev–Trinajstić information content (AvgIpc) is 3.49. The Bertz CT molecular complexity index is 875. The number of thiophene rings is 1. The van der Waals surface area contributed by atoms with Crippen LogP contribution in [0.3, 0.4) is 0 Å². The standard InChI is InChI=1S/C23H30N4O3S/c28-22(17-19-4-3-15-31-19)25-18-5-6-21(27-8-1-2-9-27)20(16-18)23(29)24-7-10-26-11-13-30-14-12-26/h3-6,15-16H,1-2,7-14,17H2,(H,24,29)(H,25,28). The third-order valence-corrected chi connectivity index (χ3v) is 6.58. The average molecular weight is 443 g/mol. The minimum absolute atomic E-state index is 0.0740. The van der Waals surface area contributed by atoms with E-state index in [0.29, 0.717) is 24.2 Å². The predicted molar refractivity (Wildman–Crippen MR) is 124 cm³/mol. The van der Waals surface area contributed by atoms with E-state index >= 15 is 0 Å². The molecule has 0 atom stereocenters. The SMILES string of the molecule is O=C(Cc1cccs1)Nc1ccc(N2CCCC2)c(C(=O)NCCN2CCOCC2)c1. The van der Waals surface area contributed by atoms with E-state index in [1.807, 2.05) is 35.7 Å². The van der Waals surface area contributed by atoms with Crippen molar-refractivity contribution < 1.29 is 14.3 Å². The molecule has 2 aliphatic heterocycles. The zero-order chi connectivity index (χ0) is 21.5. The summed E-state index contributed by atoms with van der Waals surface area (Å²) in [6, 6.07) is 9.56. The van der Waals surface area contributed by atoms with Crippen LogP contribution in [0.25, 0.3) is 0 Å². The van der Waals surface area contributed by atoms with Crippen LogP contribution >= 0.6 is 11.3 Å². The van der Waals surface area contributed by atoms with Crippen molar-refractivity contribution in [2.75, 3.05) is 62.7 Å². The van der Waals surface area contributed by atoms with Gasteiger partial charge < -0.3 is 20.3 Å². The number of hydrogen-bond donors (Lipinski definition) is 2. The highest BCUT2D eigenvalue weighted by Crippen LogP contribution is 2.27. The molecule has 2 N–H and O–H groups in total. The monoisotopic (exact) mass is 442 g/mol. The minimum Gasteiger partial charge on any atom is -0.379 e. The highest BCUT2D eigenvalue weighted by molar-refractivity contribution is 7.10. The summed E-state index contributed by atoms with van der Waals surface area (Å²) in [6.07, 6.45) is 2.61. The summed E-state index contributed by atoms with van der Waals surface area (Å²) in [5, 5.41) is 7.98. The Morgan fingerprint density at radius 3 is 2.61 bits per heavy atom. The second-order valence-electron chi connectivity index (χ2n) is 7.94. The van der Waals surface area contributed by atoms with Crippen LogP contribution < -0.4 is 15.5 Å². The highest BCUT2D eigenvalue weighted by atomic mass is 32.1. The first-order chi connectivity index (χ1) is 15.2. The topological polar surface area (TPSA) is 73.9 Å². The van der Waals surface area contributed by atoms with Gasteiger partial charge in [-0.05, 0) is 42.5 Å². The number of carbonyl (C=O) groups excluding carboxylic acids is 2. The van der Waals surface area contributed by atoms with E-state index in [9.17, 15) is 9.59 Å². The van der Waals surface area contributed by atoms with Gasteiger partial charge in [-0.25, -0.2) is 0 Å². The molecule has 0 radical (unpaired) electrons. The Morgan fingerprint density at radius 2 is 1.87 bits per heavy atom. The van der Waals surface area contributed by atoms with Crippen molar-refractivity contribution in [1.82, 2.24) is 10.2 Å². The van der Waals surface area contributed by atoms with Gasteiger partial charge in [-0.3, -0.25) is 14.5 Å². The lowest BCUT2D eigenvalue weighted by atomic mass is 10.1. The lowest BCUT2D eigenvalue weighted by Crippen LogP contribution is -2.41. The molecule has 3 heterocycles. The maximum atomic E-state index is 13.1. The smallest absolute Gasteiger partial charge is 0.253 e. The molecule has 7 nitrogen and oxygen atoms in total. The Kier molecular flexibility index (Phi) is 7.56. The van der Waals surface area contributed by atoms with Crippen LogP contribution in [0.4, 0.5) is 11.4 Å². The van der Waals surface area contributed by atoms with E-state index in [1.165, 1.54) is 0 Å². The third kappa shape index (κ3) is 6.06. The molecule has 31 heavy (non-hydrogen) atoms. The van der Waals surface area contributed by atoms with Gasteiger partial charge >= 0.3 is 0 Å². The Hall–Kier alpha value is -2.42. The number of rotatable bonds is 8. The van der Waals surface area contributed by atoms with Gasteiger partial charge in [0.25, 0.3) is 5.91 Å². The molecule has 8 heteroatoms. The number of anilines is 2. The molecule has 0 aliphatic carbocycles. The lowest BCUT2D eigenvalue weighted by Gasteiger charge is -2.26. The Labute approximate surface area is 187 Å². The normalized spacial score (nSPS) is 17.0. The molecule has 166 valence electrons.